The van der Waals surface area contributed by atoms with E-state index in [1.807, 2.05) is 6.92 Å². The van der Waals surface area contributed by atoms with E-state index in [1.165, 1.54) is 6.07 Å². The Morgan fingerprint density at radius 3 is 2.86 bits per heavy atom. The minimum atomic E-state index is -0.586. The number of aliphatic imine (C=N–C) groups is 1. The molecule has 1 aliphatic heterocycles. The van der Waals surface area contributed by atoms with Gasteiger partial charge >= 0.3 is 0 Å². The molecule has 14 heavy (non-hydrogen) atoms. The molecule has 0 saturated heterocycles. The molecule has 2 N–H and O–H groups in total. The van der Waals surface area contributed by atoms with Crippen LogP contribution in [0.3, 0.4) is 0 Å². The van der Waals surface area contributed by atoms with E-state index in [0.717, 1.165) is 6.20 Å². The van der Waals surface area contributed by atoms with Crippen molar-refractivity contribution in [3.63, 3.8) is 0 Å². The molecule has 1 aliphatic rings. The molecular weight excluding hydrogens is 185 g/mol. The normalized spacial score (nSPS) is 25.7. The lowest BCUT2D eigenvalue weighted by atomic mass is 10.00. The van der Waals surface area contributed by atoms with Crippen molar-refractivity contribution in [3.8, 4) is 0 Å². The first-order valence-electron chi connectivity index (χ1n) is 4.20. The molecular formula is C9H10FN3O. The number of hydrogen-bond donors (Lipinski definition) is 1. The average Bonchev–Trinajstić information content (AvgIpc) is 2.48. The minimum Gasteiger partial charge on any atom is -0.462 e. The third-order valence-electron chi connectivity index (χ3n) is 2.14. The molecule has 1 unspecified atom stereocenters. The van der Waals surface area contributed by atoms with Gasteiger partial charge in [-0.05, 0) is 19.1 Å². The van der Waals surface area contributed by atoms with Crippen molar-refractivity contribution in [2.75, 3.05) is 6.61 Å². The highest BCUT2D eigenvalue weighted by molar-refractivity contribution is 5.73. The van der Waals surface area contributed by atoms with Crippen molar-refractivity contribution in [2.24, 2.45) is 10.7 Å². The predicted molar refractivity (Wildman–Crippen MR) is 49.1 cm³/mol. The third-order valence-corrected chi connectivity index (χ3v) is 2.14. The second-order valence-electron chi connectivity index (χ2n) is 3.37. The van der Waals surface area contributed by atoms with Gasteiger partial charge in [0.1, 0.15) is 18.0 Å². The Balaban J connectivity index is 2.35. The van der Waals surface area contributed by atoms with Gasteiger partial charge in [-0.15, -0.1) is 0 Å². The van der Waals surface area contributed by atoms with Crippen molar-refractivity contribution in [1.29, 1.82) is 0 Å². The van der Waals surface area contributed by atoms with Crippen LogP contribution in [0.5, 0.6) is 0 Å². The molecule has 0 amide bonds. The average molecular weight is 195 g/mol. The van der Waals surface area contributed by atoms with Crippen LogP contribution in [0.1, 0.15) is 12.6 Å². The fraction of sp³-hybridized carbons (Fsp3) is 0.333. The predicted octanol–water partition coefficient (Wildman–Crippen LogP) is 0.781. The summed E-state index contributed by atoms with van der Waals surface area (Å²) in [5, 5.41) is 0. The molecule has 1 aromatic rings. The molecule has 4 nitrogen and oxygen atoms in total. The highest BCUT2D eigenvalue weighted by Crippen LogP contribution is 2.27. The smallest absolute Gasteiger partial charge is 0.283 e. The molecule has 74 valence electrons. The molecule has 0 aromatic carbocycles. The van der Waals surface area contributed by atoms with Gasteiger partial charge in [0.2, 0.25) is 0 Å². The minimum absolute atomic E-state index is 0.152. The van der Waals surface area contributed by atoms with Gasteiger partial charge in [0.05, 0.1) is 11.9 Å². The Hall–Kier alpha value is -1.65. The SMILES string of the molecule is CC1(c2ccc(F)cn2)COC(N)=N1. The van der Waals surface area contributed by atoms with Crippen molar-refractivity contribution >= 4 is 6.02 Å². The molecule has 0 aliphatic carbocycles. The second kappa shape index (κ2) is 2.94. The zero-order valence-electron chi connectivity index (χ0n) is 7.70. The van der Waals surface area contributed by atoms with E-state index < -0.39 is 5.54 Å². The maximum atomic E-state index is 12.6. The van der Waals surface area contributed by atoms with Crippen LogP contribution in [-0.4, -0.2) is 17.6 Å². The summed E-state index contributed by atoms with van der Waals surface area (Å²) in [5.74, 6) is -0.367. The van der Waals surface area contributed by atoms with Gasteiger partial charge < -0.3 is 10.5 Å². The van der Waals surface area contributed by atoms with E-state index in [0.29, 0.717) is 12.3 Å². The van der Waals surface area contributed by atoms with Crippen LogP contribution in [0.25, 0.3) is 0 Å². The Morgan fingerprint density at radius 1 is 1.57 bits per heavy atom. The van der Waals surface area contributed by atoms with Gasteiger partial charge in [-0.3, -0.25) is 4.98 Å². The lowest BCUT2D eigenvalue weighted by Crippen LogP contribution is -2.22. The second-order valence-corrected chi connectivity index (χ2v) is 3.37. The van der Waals surface area contributed by atoms with Gasteiger partial charge in [-0.25, -0.2) is 9.38 Å². The van der Waals surface area contributed by atoms with E-state index in [-0.39, 0.29) is 11.8 Å². The first-order chi connectivity index (χ1) is 6.60. The largest absolute Gasteiger partial charge is 0.462 e. The summed E-state index contributed by atoms with van der Waals surface area (Å²) in [7, 11) is 0. The number of hydrogen-bond acceptors (Lipinski definition) is 4. The molecule has 1 aromatic heterocycles. The molecule has 2 heterocycles. The third kappa shape index (κ3) is 1.41. The van der Waals surface area contributed by atoms with E-state index in [1.54, 1.807) is 6.07 Å². The van der Waals surface area contributed by atoms with Crippen LogP contribution in [0, 0.1) is 5.82 Å². The summed E-state index contributed by atoms with van der Waals surface area (Å²) < 4.78 is 17.7. The van der Waals surface area contributed by atoms with Crippen molar-refractivity contribution in [2.45, 2.75) is 12.5 Å². The number of halogens is 1. The Labute approximate surface area is 80.6 Å². The van der Waals surface area contributed by atoms with Gasteiger partial charge in [0, 0.05) is 0 Å². The Kier molecular flexibility index (Phi) is 1.87. The number of rotatable bonds is 1. The highest BCUT2D eigenvalue weighted by atomic mass is 19.1. The molecule has 2 rings (SSSR count). The maximum absolute atomic E-state index is 12.6. The molecule has 0 saturated carbocycles. The van der Waals surface area contributed by atoms with E-state index in [4.69, 9.17) is 10.5 Å². The summed E-state index contributed by atoms with van der Waals surface area (Å²) in [5.41, 5.74) is 5.47. The first kappa shape index (κ1) is 8.93. The summed E-state index contributed by atoms with van der Waals surface area (Å²) in [6.45, 7) is 2.19. The van der Waals surface area contributed by atoms with Crippen LogP contribution in [0.2, 0.25) is 0 Å². The quantitative estimate of drug-likeness (QED) is 0.720. The highest BCUT2D eigenvalue weighted by Gasteiger charge is 2.34. The Morgan fingerprint density at radius 2 is 2.36 bits per heavy atom. The van der Waals surface area contributed by atoms with Crippen LogP contribution in [0.4, 0.5) is 4.39 Å². The molecule has 0 bridgehead atoms. The lowest BCUT2D eigenvalue weighted by molar-refractivity contribution is 0.263. The molecule has 5 heteroatoms. The van der Waals surface area contributed by atoms with Gasteiger partial charge in [-0.1, -0.05) is 0 Å². The van der Waals surface area contributed by atoms with Crippen LogP contribution < -0.4 is 5.73 Å². The summed E-state index contributed by atoms with van der Waals surface area (Å²) in [6.07, 6.45) is 1.16. The zero-order chi connectivity index (χ0) is 10.2. The topological polar surface area (TPSA) is 60.5 Å². The molecule has 0 fully saturated rings. The van der Waals surface area contributed by atoms with Crippen molar-refractivity contribution in [1.82, 2.24) is 4.98 Å². The zero-order valence-corrected chi connectivity index (χ0v) is 7.70. The number of ether oxygens (including phenoxy) is 1. The van der Waals surface area contributed by atoms with E-state index in [2.05, 4.69) is 9.98 Å². The number of aromatic nitrogens is 1. The summed E-state index contributed by atoms with van der Waals surface area (Å²) >= 11 is 0. The number of nitrogens with zero attached hydrogens (tertiary/aromatic N) is 2. The van der Waals surface area contributed by atoms with E-state index in [9.17, 15) is 4.39 Å². The molecule has 0 radical (unpaired) electrons. The maximum Gasteiger partial charge on any atom is 0.283 e. The molecule has 1 atom stereocenters. The van der Waals surface area contributed by atoms with Crippen LogP contribution in [-0.2, 0) is 10.3 Å². The summed E-state index contributed by atoms with van der Waals surface area (Å²) in [6, 6.07) is 3.08. The lowest BCUT2D eigenvalue weighted by Gasteiger charge is -2.16. The van der Waals surface area contributed by atoms with E-state index >= 15 is 0 Å². The first-order valence-corrected chi connectivity index (χ1v) is 4.20. The standard InChI is InChI=1S/C9H10FN3O/c1-9(5-14-8(11)13-9)7-3-2-6(10)4-12-7/h2-4H,5H2,1H3,(H2,11,13). The fourth-order valence-corrected chi connectivity index (χ4v) is 1.35. The van der Waals surface area contributed by atoms with Gasteiger partial charge in [-0.2, -0.15) is 0 Å². The van der Waals surface area contributed by atoms with Crippen molar-refractivity contribution in [3.05, 3.63) is 29.8 Å². The van der Waals surface area contributed by atoms with Gasteiger partial charge in [0.25, 0.3) is 6.02 Å². The van der Waals surface area contributed by atoms with Crippen LogP contribution in [0.15, 0.2) is 23.3 Å². The number of pyridine rings is 1. The number of amidine groups is 1. The van der Waals surface area contributed by atoms with Crippen molar-refractivity contribution < 1.29 is 9.13 Å². The Bertz CT molecular complexity index is 376. The summed E-state index contributed by atoms with van der Waals surface area (Å²) in [4.78, 5) is 8.06. The van der Waals surface area contributed by atoms with Crippen LogP contribution >= 0.6 is 0 Å². The fourth-order valence-electron chi connectivity index (χ4n) is 1.35. The monoisotopic (exact) mass is 195 g/mol. The molecule has 0 spiro atoms. The number of nitrogens with two attached hydrogens (primary N) is 1. The van der Waals surface area contributed by atoms with Gasteiger partial charge in [0.15, 0.2) is 0 Å².